The number of fused-ring (bicyclic) bond motifs is 1. The number of carbonyl (C=O) groups is 1. The summed E-state index contributed by atoms with van der Waals surface area (Å²) in [6, 6.07) is 8.75. The number of rotatable bonds is 4. The van der Waals surface area contributed by atoms with Gasteiger partial charge in [-0.2, -0.15) is 9.65 Å². The molecule has 1 unspecified atom stereocenters. The molecule has 3 heterocycles. The molecule has 162 valence electrons. The van der Waals surface area contributed by atoms with Crippen LogP contribution in [0.15, 0.2) is 30.5 Å². The first-order valence-electron chi connectivity index (χ1n) is 10.0. The monoisotopic (exact) mass is 444 g/mol. The van der Waals surface area contributed by atoms with E-state index in [0.717, 1.165) is 5.56 Å². The number of piperidine rings is 1. The average molecular weight is 445 g/mol. The van der Waals surface area contributed by atoms with E-state index in [4.69, 9.17) is 21.1 Å². The van der Waals surface area contributed by atoms with Crippen LogP contribution in [0.5, 0.6) is 11.5 Å². The van der Waals surface area contributed by atoms with Gasteiger partial charge in [0.05, 0.1) is 35.8 Å². The Hall–Kier alpha value is -3.05. The van der Waals surface area contributed by atoms with Crippen molar-refractivity contribution in [3.8, 4) is 17.6 Å². The topological polar surface area (TPSA) is 87.5 Å². The molecule has 4 rings (SSSR count). The number of aromatic nitrogens is 1. The molecule has 9 heteroatoms. The number of ether oxygens (including phenoxy) is 2. The first kappa shape index (κ1) is 21.2. The lowest BCUT2D eigenvalue weighted by Crippen LogP contribution is -2.51. The van der Waals surface area contributed by atoms with Crippen LogP contribution in [-0.2, 0) is 11.2 Å². The highest BCUT2D eigenvalue weighted by molar-refractivity contribution is 6.32. The standard InChI is InChI=1S/C22H22ClFN4O3/c1-30-17-9-18-16(8-15(17)23)26-12-19(31-18)21(29)28-6-4-22(13-25,5-7-28)10-14-2-3-20(24)27-11-14/h2-3,8-9,11,19,26H,4-7,10,12H2,1H3. The second-order valence-electron chi connectivity index (χ2n) is 7.85. The molecule has 2 aliphatic heterocycles. The molecule has 0 radical (unpaired) electrons. The number of amides is 1. The molecule has 2 aliphatic rings. The first-order chi connectivity index (χ1) is 14.9. The molecule has 1 atom stereocenters. The number of nitriles is 1. The highest BCUT2D eigenvalue weighted by Gasteiger charge is 2.39. The molecule has 0 saturated carbocycles. The van der Waals surface area contributed by atoms with Gasteiger partial charge in [-0.3, -0.25) is 4.79 Å². The number of anilines is 1. The van der Waals surface area contributed by atoms with Gasteiger partial charge in [0.2, 0.25) is 5.95 Å². The molecule has 1 fully saturated rings. The number of nitrogens with zero attached hydrogens (tertiary/aromatic N) is 3. The number of carbonyl (C=O) groups excluding carboxylic acids is 1. The van der Waals surface area contributed by atoms with Crippen molar-refractivity contribution >= 4 is 23.2 Å². The number of likely N-dealkylation sites (tertiary alicyclic amines) is 1. The number of methoxy groups -OCH3 is 1. The minimum absolute atomic E-state index is 0.123. The average Bonchev–Trinajstić information content (AvgIpc) is 2.80. The summed E-state index contributed by atoms with van der Waals surface area (Å²) in [5.41, 5.74) is 0.926. The fourth-order valence-corrected chi connectivity index (χ4v) is 4.29. The van der Waals surface area contributed by atoms with Crippen molar-refractivity contribution in [2.24, 2.45) is 5.41 Å². The third-order valence-electron chi connectivity index (χ3n) is 5.88. The van der Waals surface area contributed by atoms with E-state index in [-0.39, 0.29) is 5.91 Å². The predicted octanol–water partition coefficient (Wildman–Crippen LogP) is 3.43. The maximum atomic E-state index is 13.1. The maximum absolute atomic E-state index is 13.1. The minimum Gasteiger partial charge on any atom is -0.495 e. The number of halogens is 2. The van der Waals surface area contributed by atoms with Gasteiger partial charge in [0.15, 0.2) is 6.10 Å². The van der Waals surface area contributed by atoms with E-state index in [1.165, 1.54) is 19.4 Å². The van der Waals surface area contributed by atoms with Gasteiger partial charge in [-0.1, -0.05) is 17.7 Å². The molecule has 1 saturated heterocycles. The maximum Gasteiger partial charge on any atom is 0.265 e. The number of pyridine rings is 1. The van der Waals surface area contributed by atoms with Crippen molar-refractivity contribution in [3.63, 3.8) is 0 Å². The van der Waals surface area contributed by atoms with E-state index in [9.17, 15) is 14.4 Å². The van der Waals surface area contributed by atoms with Gasteiger partial charge < -0.3 is 19.7 Å². The largest absolute Gasteiger partial charge is 0.495 e. The molecule has 31 heavy (non-hydrogen) atoms. The van der Waals surface area contributed by atoms with Crippen LogP contribution in [-0.4, -0.2) is 48.6 Å². The Kier molecular flexibility index (Phi) is 5.88. The summed E-state index contributed by atoms with van der Waals surface area (Å²) >= 11 is 6.14. The van der Waals surface area contributed by atoms with E-state index in [2.05, 4.69) is 16.4 Å². The molecule has 0 aliphatic carbocycles. The van der Waals surface area contributed by atoms with E-state index >= 15 is 0 Å². The van der Waals surface area contributed by atoms with Crippen molar-refractivity contribution in [1.82, 2.24) is 9.88 Å². The molecule has 0 bridgehead atoms. The van der Waals surface area contributed by atoms with Gasteiger partial charge in [0.1, 0.15) is 11.5 Å². The number of hydrogen-bond donors (Lipinski definition) is 1. The Balaban J connectivity index is 1.40. The first-order valence-corrected chi connectivity index (χ1v) is 10.4. The Labute approximate surface area is 184 Å². The summed E-state index contributed by atoms with van der Waals surface area (Å²) in [5, 5.41) is 13.5. The quantitative estimate of drug-likeness (QED) is 0.727. The van der Waals surface area contributed by atoms with E-state index in [1.807, 2.05) is 0 Å². The fraction of sp³-hybridized carbons (Fsp3) is 0.409. The summed E-state index contributed by atoms with van der Waals surface area (Å²) in [6.45, 7) is 1.24. The van der Waals surface area contributed by atoms with Crippen LogP contribution in [0.25, 0.3) is 0 Å². The number of benzene rings is 1. The molecule has 7 nitrogen and oxygen atoms in total. The zero-order chi connectivity index (χ0) is 22.0. The Bertz CT molecular complexity index is 1020. The van der Waals surface area contributed by atoms with Gasteiger partial charge in [-0.25, -0.2) is 4.98 Å². The summed E-state index contributed by atoms with van der Waals surface area (Å²) in [6.07, 6.45) is 2.34. The Morgan fingerprint density at radius 1 is 1.45 bits per heavy atom. The van der Waals surface area contributed by atoms with Crippen molar-refractivity contribution in [3.05, 3.63) is 47.0 Å². The van der Waals surface area contributed by atoms with Gasteiger partial charge in [0, 0.05) is 25.4 Å². The predicted molar refractivity (Wildman–Crippen MR) is 113 cm³/mol. The van der Waals surface area contributed by atoms with Gasteiger partial charge in [0.25, 0.3) is 5.91 Å². The zero-order valence-electron chi connectivity index (χ0n) is 17.0. The molecule has 2 aromatic rings. The highest BCUT2D eigenvalue weighted by atomic mass is 35.5. The second kappa shape index (κ2) is 8.60. The molecule has 0 spiro atoms. The lowest BCUT2D eigenvalue weighted by Gasteiger charge is -2.39. The Morgan fingerprint density at radius 2 is 2.23 bits per heavy atom. The normalized spacial score (nSPS) is 19.4. The zero-order valence-corrected chi connectivity index (χ0v) is 17.8. The van der Waals surface area contributed by atoms with E-state index in [0.29, 0.717) is 61.1 Å². The van der Waals surface area contributed by atoms with Crippen LogP contribution >= 0.6 is 11.6 Å². The summed E-state index contributed by atoms with van der Waals surface area (Å²) in [5.74, 6) is 0.320. The van der Waals surface area contributed by atoms with Gasteiger partial charge in [-0.05, 0) is 37.0 Å². The van der Waals surface area contributed by atoms with Crippen LogP contribution in [0.1, 0.15) is 18.4 Å². The van der Waals surface area contributed by atoms with Crippen LogP contribution in [0.4, 0.5) is 10.1 Å². The van der Waals surface area contributed by atoms with Crippen molar-refractivity contribution in [2.75, 3.05) is 32.1 Å². The fourth-order valence-electron chi connectivity index (χ4n) is 4.05. The summed E-state index contributed by atoms with van der Waals surface area (Å²) in [7, 11) is 1.52. The molecule has 1 aromatic heterocycles. The highest BCUT2D eigenvalue weighted by Crippen LogP contribution is 2.39. The SMILES string of the molecule is COc1cc2c(cc1Cl)NCC(C(=O)N1CCC(C#N)(Cc3ccc(F)nc3)CC1)O2. The molecule has 1 amide bonds. The molecular formula is C22H22ClFN4O3. The van der Waals surface area contributed by atoms with Crippen LogP contribution in [0.3, 0.4) is 0 Å². The van der Waals surface area contributed by atoms with Crippen molar-refractivity contribution < 1.29 is 18.7 Å². The third kappa shape index (κ3) is 4.37. The molecular weight excluding hydrogens is 423 g/mol. The van der Waals surface area contributed by atoms with Crippen molar-refractivity contribution in [1.29, 1.82) is 5.26 Å². The second-order valence-corrected chi connectivity index (χ2v) is 8.26. The smallest absolute Gasteiger partial charge is 0.265 e. The molecule has 1 N–H and O–H groups in total. The molecule has 1 aromatic carbocycles. The van der Waals surface area contributed by atoms with Crippen molar-refractivity contribution in [2.45, 2.75) is 25.4 Å². The summed E-state index contributed by atoms with van der Waals surface area (Å²) in [4.78, 5) is 18.5. The van der Waals surface area contributed by atoms with Crippen LogP contribution in [0.2, 0.25) is 5.02 Å². The lowest BCUT2D eigenvalue weighted by atomic mass is 9.75. The minimum atomic E-state index is -0.672. The number of nitrogens with one attached hydrogen (secondary N) is 1. The van der Waals surface area contributed by atoms with Crippen LogP contribution in [0, 0.1) is 22.7 Å². The van der Waals surface area contributed by atoms with Gasteiger partial charge in [-0.15, -0.1) is 0 Å². The van der Waals surface area contributed by atoms with E-state index in [1.54, 1.807) is 23.1 Å². The lowest BCUT2D eigenvalue weighted by molar-refractivity contribution is -0.140. The van der Waals surface area contributed by atoms with Gasteiger partial charge >= 0.3 is 0 Å². The number of hydrogen-bond acceptors (Lipinski definition) is 6. The Morgan fingerprint density at radius 3 is 2.87 bits per heavy atom. The van der Waals surface area contributed by atoms with Crippen LogP contribution < -0.4 is 14.8 Å². The third-order valence-corrected chi connectivity index (χ3v) is 6.17. The van der Waals surface area contributed by atoms with E-state index < -0.39 is 17.5 Å². The summed E-state index contributed by atoms with van der Waals surface area (Å²) < 4.78 is 24.2.